The minimum Gasteiger partial charge on any atom is -0.329 e. The van der Waals surface area contributed by atoms with Gasteiger partial charge in [0.15, 0.2) is 0 Å². The molecule has 2 N–H and O–H groups in total. The van der Waals surface area contributed by atoms with Crippen LogP contribution in [0.4, 0.5) is 0 Å². The Morgan fingerprint density at radius 2 is 2.35 bits per heavy atom. The Bertz CT molecular complexity index is 556. The van der Waals surface area contributed by atoms with Gasteiger partial charge in [-0.05, 0) is 42.2 Å². The highest BCUT2D eigenvalue weighted by atomic mass is 32.1. The van der Waals surface area contributed by atoms with Gasteiger partial charge in [0, 0.05) is 37.4 Å². The highest BCUT2D eigenvalue weighted by Gasteiger charge is 2.35. The number of nitrogens with two attached hydrogens (primary N) is 1. The van der Waals surface area contributed by atoms with Crippen molar-refractivity contribution in [3.05, 3.63) is 39.8 Å². The Hall–Kier alpha value is -1.17. The third-order valence-corrected chi connectivity index (χ3v) is 4.95. The second-order valence-electron chi connectivity index (χ2n) is 5.60. The first-order chi connectivity index (χ1) is 9.70. The quantitative estimate of drug-likeness (QED) is 0.889. The molecule has 5 heteroatoms. The van der Waals surface area contributed by atoms with Crippen LogP contribution in [0.25, 0.3) is 0 Å². The van der Waals surface area contributed by atoms with E-state index in [0.29, 0.717) is 12.6 Å². The fourth-order valence-corrected chi connectivity index (χ4v) is 3.44. The first-order valence-electron chi connectivity index (χ1n) is 7.16. The average molecular weight is 290 g/mol. The van der Waals surface area contributed by atoms with Gasteiger partial charge in [-0.25, -0.2) is 0 Å². The minimum absolute atomic E-state index is 0.274. The van der Waals surface area contributed by atoms with E-state index in [2.05, 4.69) is 33.7 Å². The van der Waals surface area contributed by atoms with Gasteiger partial charge < -0.3 is 5.73 Å². The summed E-state index contributed by atoms with van der Waals surface area (Å²) in [6.45, 7) is 3.76. The van der Waals surface area contributed by atoms with E-state index in [0.717, 1.165) is 6.54 Å². The highest BCUT2D eigenvalue weighted by Crippen LogP contribution is 2.36. The fourth-order valence-electron chi connectivity index (χ4n) is 2.78. The second kappa shape index (κ2) is 5.68. The zero-order valence-corrected chi connectivity index (χ0v) is 12.9. The summed E-state index contributed by atoms with van der Waals surface area (Å²) in [5, 5.41) is 8.76. The van der Waals surface area contributed by atoms with Crippen molar-refractivity contribution in [3.8, 4) is 0 Å². The molecule has 2 aromatic heterocycles. The molecule has 0 amide bonds. The molecule has 2 heterocycles. The van der Waals surface area contributed by atoms with Crippen LogP contribution < -0.4 is 5.73 Å². The second-order valence-corrected chi connectivity index (χ2v) is 6.38. The van der Waals surface area contributed by atoms with Gasteiger partial charge >= 0.3 is 0 Å². The lowest BCUT2D eigenvalue weighted by molar-refractivity contribution is 0.181. The van der Waals surface area contributed by atoms with Crippen molar-refractivity contribution < 1.29 is 0 Å². The van der Waals surface area contributed by atoms with E-state index in [-0.39, 0.29) is 6.04 Å². The Labute approximate surface area is 124 Å². The number of nitrogens with zero attached hydrogens (tertiary/aromatic N) is 3. The first kappa shape index (κ1) is 13.8. The number of aryl methyl sites for hydroxylation is 1. The lowest BCUT2D eigenvalue weighted by Crippen LogP contribution is -2.35. The van der Waals surface area contributed by atoms with E-state index in [4.69, 9.17) is 5.73 Å². The number of aromatic nitrogens is 2. The van der Waals surface area contributed by atoms with Crippen molar-refractivity contribution >= 4 is 11.3 Å². The summed E-state index contributed by atoms with van der Waals surface area (Å²) in [6, 6.07) is 3.17. The van der Waals surface area contributed by atoms with E-state index in [1.807, 2.05) is 17.9 Å². The molecule has 1 aliphatic carbocycles. The number of thiophene rings is 1. The van der Waals surface area contributed by atoms with Crippen molar-refractivity contribution in [2.24, 2.45) is 12.8 Å². The van der Waals surface area contributed by atoms with Crippen LogP contribution in [0.3, 0.4) is 0 Å². The van der Waals surface area contributed by atoms with Gasteiger partial charge in [0.05, 0.1) is 12.2 Å². The topological polar surface area (TPSA) is 47.1 Å². The smallest absolute Gasteiger partial charge is 0.0540 e. The summed E-state index contributed by atoms with van der Waals surface area (Å²) in [7, 11) is 1.99. The Morgan fingerprint density at radius 1 is 1.55 bits per heavy atom. The lowest BCUT2D eigenvalue weighted by atomic mass is 10.1. The Balaban J connectivity index is 1.86. The van der Waals surface area contributed by atoms with Gasteiger partial charge in [-0.3, -0.25) is 9.58 Å². The molecule has 0 bridgehead atoms. The van der Waals surface area contributed by atoms with Crippen LogP contribution in [0, 0.1) is 6.92 Å². The molecular weight excluding hydrogens is 268 g/mol. The lowest BCUT2D eigenvalue weighted by Gasteiger charge is -2.30. The third kappa shape index (κ3) is 2.66. The maximum Gasteiger partial charge on any atom is 0.0540 e. The van der Waals surface area contributed by atoms with Crippen LogP contribution in [0.2, 0.25) is 0 Å². The van der Waals surface area contributed by atoms with E-state index in [9.17, 15) is 0 Å². The minimum atomic E-state index is 0.274. The maximum atomic E-state index is 6.10. The van der Waals surface area contributed by atoms with Gasteiger partial charge in [-0.15, -0.1) is 0 Å². The largest absolute Gasteiger partial charge is 0.329 e. The first-order valence-corrected chi connectivity index (χ1v) is 8.10. The van der Waals surface area contributed by atoms with Gasteiger partial charge in [-0.1, -0.05) is 0 Å². The van der Waals surface area contributed by atoms with Gasteiger partial charge in [-0.2, -0.15) is 16.4 Å². The molecule has 1 fully saturated rings. The van der Waals surface area contributed by atoms with Crippen molar-refractivity contribution in [2.75, 3.05) is 6.54 Å². The van der Waals surface area contributed by atoms with E-state index in [1.165, 1.54) is 29.7 Å². The molecule has 1 aliphatic rings. The monoisotopic (exact) mass is 290 g/mol. The molecule has 0 saturated heterocycles. The van der Waals surface area contributed by atoms with Crippen molar-refractivity contribution in [1.82, 2.24) is 14.7 Å². The Kier molecular flexibility index (Phi) is 3.92. The third-order valence-electron chi connectivity index (χ3n) is 4.22. The van der Waals surface area contributed by atoms with Gasteiger partial charge in [0.1, 0.15) is 0 Å². The summed E-state index contributed by atoms with van der Waals surface area (Å²) in [4.78, 5) is 2.56. The van der Waals surface area contributed by atoms with Crippen LogP contribution >= 0.6 is 11.3 Å². The zero-order valence-electron chi connectivity index (χ0n) is 12.1. The molecule has 3 rings (SSSR count). The summed E-state index contributed by atoms with van der Waals surface area (Å²) < 4.78 is 1.94. The zero-order chi connectivity index (χ0) is 14.1. The predicted octanol–water partition coefficient (Wildman–Crippen LogP) is 2.45. The summed E-state index contributed by atoms with van der Waals surface area (Å²) >= 11 is 1.76. The molecule has 0 aromatic carbocycles. The maximum absolute atomic E-state index is 6.10. The van der Waals surface area contributed by atoms with Crippen LogP contribution in [-0.4, -0.2) is 27.3 Å². The molecule has 108 valence electrons. The molecule has 20 heavy (non-hydrogen) atoms. The molecule has 0 spiro atoms. The number of rotatable bonds is 6. The normalized spacial score (nSPS) is 16.8. The van der Waals surface area contributed by atoms with Crippen molar-refractivity contribution in [1.29, 1.82) is 0 Å². The standard InChI is InChI=1S/C15H22N4S/c1-11-14(8-17-18(11)2)15(7-16)19(13-3-4-13)9-12-5-6-20-10-12/h5-6,8,10,13,15H,3-4,7,9,16H2,1-2H3. The SMILES string of the molecule is Cc1c(C(CN)N(Cc2ccsc2)C2CC2)cnn1C. The predicted molar refractivity (Wildman–Crippen MR) is 82.6 cm³/mol. The van der Waals surface area contributed by atoms with Crippen molar-refractivity contribution in [3.63, 3.8) is 0 Å². The van der Waals surface area contributed by atoms with Crippen molar-refractivity contribution in [2.45, 2.75) is 38.4 Å². The molecule has 4 nitrogen and oxygen atoms in total. The number of hydrogen-bond acceptors (Lipinski definition) is 4. The molecule has 1 saturated carbocycles. The molecule has 0 aliphatic heterocycles. The van der Waals surface area contributed by atoms with Crippen LogP contribution in [0.5, 0.6) is 0 Å². The summed E-state index contributed by atoms with van der Waals surface area (Å²) in [5.41, 5.74) is 9.99. The van der Waals surface area contributed by atoms with Crippen LogP contribution in [-0.2, 0) is 13.6 Å². The Morgan fingerprint density at radius 3 is 2.85 bits per heavy atom. The number of hydrogen-bond donors (Lipinski definition) is 1. The molecule has 1 unspecified atom stereocenters. The molecule has 2 aromatic rings. The fraction of sp³-hybridized carbons (Fsp3) is 0.533. The van der Waals surface area contributed by atoms with E-state index >= 15 is 0 Å². The average Bonchev–Trinajstić information content (AvgIpc) is 3.08. The van der Waals surface area contributed by atoms with E-state index in [1.54, 1.807) is 11.3 Å². The highest BCUT2D eigenvalue weighted by molar-refractivity contribution is 7.07. The van der Waals surface area contributed by atoms with Gasteiger partial charge in [0.25, 0.3) is 0 Å². The van der Waals surface area contributed by atoms with E-state index < -0.39 is 0 Å². The van der Waals surface area contributed by atoms with Crippen LogP contribution in [0.1, 0.15) is 35.7 Å². The van der Waals surface area contributed by atoms with Crippen LogP contribution in [0.15, 0.2) is 23.0 Å². The summed E-state index contributed by atoms with van der Waals surface area (Å²) in [6.07, 6.45) is 4.57. The molecular formula is C15H22N4S. The molecule has 0 radical (unpaired) electrons. The van der Waals surface area contributed by atoms with Gasteiger partial charge in [0.2, 0.25) is 0 Å². The summed E-state index contributed by atoms with van der Waals surface area (Å²) in [5.74, 6) is 0. The molecule has 1 atom stereocenters.